The molecule has 0 saturated heterocycles. The predicted octanol–water partition coefficient (Wildman–Crippen LogP) is -1.94. The summed E-state index contributed by atoms with van der Waals surface area (Å²) in [7, 11) is 0. The average Bonchev–Trinajstić information content (AvgIpc) is 2.97. The first kappa shape index (κ1) is 18.2. The summed E-state index contributed by atoms with van der Waals surface area (Å²) in [5.74, 6) is 0. The van der Waals surface area contributed by atoms with E-state index >= 15 is 0 Å². The third kappa shape index (κ3) is 5.11. The Balaban J connectivity index is 2.52. The molecule has 8 nitrogen and oxygen atoms in total. The Bertz CT molecular complexity index is 352. The van der Waals surface area contributed by atoms with Crippen LogP contribution < -0.4 is 5.43 Å². The lowest BCUT2D eigenvalue weighted by atomic mass is 10.0. The highest BCUT2D eigenvalue weighted by Crippen LogP contribution is 2.11. The Morgan fingerprint density at radius 1 is 1.14 bits per heavy atom. The summed E-state index contributed by atoms with van der Waals surface area (Å²) < 4.78 is 0.260. The highest BCUT2D eigenvalue weighted by molar-refractivity contribution is 5.50. The molecule has 1 rings (SSSR count). The van der Waals surface area contributed by atoms with E-state index < -0.39 is 31.0 Å². The van der Waals surface area contributed by atoms with Gasteiger partial charge in [0.15, 0.2) is 0 Å². The van der Waals surface area contributed by atoms with Crippen LogP contribution in [0.5, 0.6) is 0 Å². The van der Waals surface area contributed by atoms with Gasteiger partial charge in [0.1, 0.15) is 37.2 Å². The molecule has 0 saturated carbocycles. The summed E-state index contributed by atoms with van der Waals surface area (Å²) in [5, 5.41) is 47.2. The van der Waals surface area contributed by atoms with Gasteiger partial charge in [-0.1, -0.05) is 13.3 Å². The molecule has 6 N–H and O–H groups in total. The minimum atomic E-state index is -1.61. The number of aliphatic imine (C=N–C) groups is 1. The second kappa shape index (κ2) is 8.54. The fraction of sp³-hybridized carbons (Fsp3) is 0.769. The molecule has 5 atom stereocenters. The molecule has 8 heteroatoms. The summed E-state index contributed by atoms with van der Waals surface area (Å²) in [5.41, 5.74) is 3.06. The zero-order chi connectivity index (χ0) is 15.9. The Labute approximate surface area is 124 Å². The monoisotopic (exact) mass is 304 g/mol. The molecule has 0 amide bonds. The lowest BCUT2D eigenvalue weighted by Gasteiger charge is -2.31. The highest BCUT2D eigenvalue weighted by atomic mass is 16.4. The predicted molar refractivity (Wildman–Crippen MR) is 76.8 cm³/mol. The van der Waals surface area contributed by atoms with Crippen molar-refractivity contribution >= 4 is 6.34 Å². The van der Waals surface area contributed by atoms with Crippen LogP contribution in [0, 0.1) is 0 Å². The number of hydrogen-bond acceptors (Lipinski definition) is 7. The molecule has 122 valence electrons. The molecule has 0 aromatic rings. The second-order valence-electron chi connectivity index (χ2n) is 5.23. The fourth-order valence-electron chi connectivity index (χ4n) is 2.03. The van der Waals surface area contributed by atoms with Crippen molar-refractivity contribution in [3.63, 3.8) is 0 Å². The van der Waals surface area contributed by atoms with E-state index in [1.807, 2.05) is 6.20 Å². The zero-order valence-electron chi connectivity index (χ0n) is 12.2. The van der Waals surface area contributed by atoms with Crippen molar-refractivity contribution in [1.29, 1.82) is 0 Å². The summed E-state index contributed by atoms with van der Waals surface area (Å²) in [6.07, 6.45) is 1.17. The molecule has 0 bridgehead atoms. The maximum absolute atomic E-state index is 9.89. The van der Waals surface area contributed by atoms with Crippen molar-refractivity contribution in [2.24, 2.45) is 4.99 Å². The normalized spacial score (nSPS) is 26.8. The molecule has 1 aliphatic heterocycles. The average molecular weight is 304 g/mol. The molecule has 0 spiro atoms. The molecule has 0 aromatic carbocycles. The smallest absolute Gasteiger partial charge is 0.214 e. The van der Waals surface area contributed by atoms with Crippen LogP contribution in [0.15, 0.2) is 17.4 Å². The van der Waals surface area contributed by atoms with E-state index in [4.69, 9.17) is 5.11 Å². The zero-order valence-corrected chi connectivity index (χ0v) is 12.2. The topological polar surface area (TPSA) is 126 Å². The highest BCUT2D eigenvalue weighted by Gasteiger charge is 2.33. The number of quaternary nitrogens is 1. The van der Waals surface area contributed by atoms with Crippen LogP contribution in [0.4, 0.5) is 0 Å². The van der Waals surface area contributed by atoms with Gasteiger partial charge in [-0.3, -0.25) is 0 Å². The number of aliphatic hydroxyl groups is 5. The molecule has 0 aliphatic carbocycles. The van der Waals surface area contributed by atoms with Crippen LogP contribution in [0.1, 0.15) is 19.8 Å². The second-order valence-corrected chi connectivity index (χ2v) is 5.23. The van der Waals surface area contributed by atoms with E-state index in [2.05, 4.69) is 17.3 Å². The molecular weight excluding hydrogens is 278 g/mol. The van der Waals surface area contributed by atoms with Gasteiger partial charge in [-0.05, 0) is 6.42 Å². The lowest BCUT2D eigenvalue weighted by molar-refractivity contribution is -0.829. The number of nitrogens with zero attached hydrogens (tertiary/aromatic N) is 2. The van der Waals surface area contributed by atoms with Crippen LogP contribution in [-0.4, -0.2) is 80.6 Å². The molecule has 0 radical (unpaired) electrons. The molecule has 0 fully saturated rings. The first-order valence-corrected chi connectivity index (χ1v) is 7.13. The molecule has 1 unspecified atom stereocenters. The standard InChI is InChI=1S/C13H26N3O5/c1-2-3-5-16(6-4-14-9-16)15-7-10(18)12(20)13(21)11(19)8-17/h4,6,9-13,15,17-21H,2-3,5,7-8H2,1H3/q+1/t10-,11+,12+,13+,16?/m0/s1. The molecule has 1 aliphatic rings. The minimum Gasteiger partial charge on any atom is -0.394 e. The Morgan fingerprint density at radius 2 is 1.81 bits per heavy atom. The minimum absolute atomic E-state index is 0.00352. The summed E-state index contributed by atoms with van der Waals surface area (Å²) >= 11 is 0. The van der Waals surface area contributed by atoms with Crippen LogP contribution in [0.3, 0.4) is 0 Å². The van der Waals surface area contributed by atoms with Crippen LogP contribution in [0.2, 0.25) is 0 Å². The fourth-order valence-corrected chi connectivity index (χ4v) is 2.03. The molecule has 1 heterocycles. The van der Waals surface area contributed by atoms with Gasteiger partial charge in [0.25, 0.3) is 0 Å². The van der Waals surface area contributed by atoms with E-state index in [9.17, 15) is 20.4 Å². The first-order chi connectivity index (χ1) is 9.95. The van der Waals surface area contributed by atoms with Crippen molar-refractivity contribution < 1.29 is 30.1 Å². The van der Waals surface area contributed by atoms with Gasteiger partial charge < -0.3 is 25.5 Å². The van der Waals surface area contributed by atoms with E-state index in [-0.39, 0.29) is 11.1 Å². The van der Waals surface area contributed by atoms with Gasteiger partial charge in [-0.2, -0.15) is 10.0 Å². The number of aliphatic hydroxyl groups excluding tert-OH is 5. The van der Waals surface area contributed by atoms with Gasteiger partial charge in [0.2, 0.25) is 6.34 Å². The van der Waals surface area contributed by atoms with Crippen molar-refractivity contribution in [2.45, 2.75) is 44.2 Å². The first-order valence-electron chi connectivity index (χ1n) is 7.13. The van der Waals surface area contributed by atoms with Gasteiger partial charge in [-0.15, -0.1) is 0 Å². The molecule has 21 heavy (non-hydrogen) atoms. The van der Waals surface area contributed by atoms with Gasteiger partial charge >= 0.3 is 0 Å². The maximum Gasteiger partial charge on any atom is 0.214 e. The van der Waals surface area contributed by atoms with Crippen LogP contribution in [-0.2, 0) is 0 Å². The third-order valence-electron chi connectivity index (χ3n) is 3.49. The quantitative estimate of drug-likeness (QED) is 0.261. The number of unbranched alkanes of at least 4 members (excludes halogenated alkanes) is 1. The number of hydrogen-bond donors (Lipinski definition) is 6. The third-order valence-corrected chi connectivity index (χ3v) is 3.49. The van der Waals surface area contributed by atoms with Gasteiger partial charge in [0, 0.05) is 0 Å². The number of nitrogens with one attached hydrogen (secondary N) is 1. The van der Waals surface area contributed by atoms with Crippen molar-refractivity contribution in [3.05, 3.63) is 12.4 Å². The van der Waals surface area contributed by atoms with Crippen molar-refractivity contribution in [3.8, 4) is 0 Å². The maximum atomic E-state index is 9.89. The van der Waals surface area contributed by atoms with Crippen LogP contribution in [0.25, 0.3) is 0 Å². The summed E-state index contributed by atoms with van der Waals surface area (Å²) in [4.78, 5) is 4.03. The van der Waals surface area contributed by atoms with E-state index in [0.717, 1.165) is 19.4 Å². The van der Waals surface area contributed by atoms with Crippen molar-refractivity contribution in [2.75, 3.05) is 19.7 Å². The Kier molecular flexibility index (Phi) is 7.40. The summed E-state index contributed by atoms with van der Waals surface area (Å²) in [6.45, 7) is 2.13. The Hall–Kier alpha value is -0.870. The van der Waals surface area contributed by atoms with Crippen LogP contribution >= 0.6 is 0 Å². The van der Waals surface area contributed by atoms with E-state index in [0.29, 0.717) is 0 Å². The molecular formula is C13H26N3O5+. The summed E-state index contributed by atoms with van der Waals surface area (Å²) in [6, 6.07) is 0. The van der Waals surface area contributed by atoms with Gasteiger partial charge in [-0.25, -0.2) is 4.99 Å². The lowest BCUT2D eigenvalue weighted by Crippen LogP contribution is -2.57. The largest absolute Gasteiger partial charge is 0.394 e. The van der Waals surface area contributed by atoms with Gasteiger partial charge in [0.05, 0.1) is 19.4 Å². The number of rotatable bonds is 10. The van der Waals surface area contributed by atoms with Crippen molar-refractivity contribution in [1.82, 2.24) is 5.43 Å². The van der Waals surface area contributed by atoms with E-state index in [1.54, 1.807) is 12.5 Å². The van der Waals surface area contributed by atoms with E-state index in [1.165, 1.54) is 0 Å². The Morgan fingerprint density at radius 3 is 2.33 bits per heavy atom. The molecule has 0 aromatic heterocycles. The SMILES string of the molecule is CCCC[N+]1(NC[C@H](O)[C@@H](O)[C@H](O)[C@H](O)CO)C=CN=C1.